The second kappa shape index (κ2) is 7.34. The van der Waals surface area contributed by atoms with Crippen LogP contribution in [0.5, 0.6) is 0 Å². The molecule has 0 aromatic heterocycles. The summed E-state index contributed by atoms with van der Waals surface area (Å²) in [5.74, 6) is 0.435. The number of aliphatic hydroxyl groups excluding tert-OH is 1. The maximum Gasteiger partial charge on any atom is 0.335 e. The molecule has 1 heterocycles. The molecule has 6 atom stereocenters. The SMILES string of the molecule is CCOC(=O)[C@@H]1CC(S(=O)C[C@@]23CC[C@@H](C[C@H]2O)C3(C)C)=C[C@H](OC)O1. The number of aliphatic hydroxyl groups is 1. The average Bonchev–Trinajstić information content (AvgIpc) is 2.96. The van der Waals surface area contributed by atoms with Gasteiger partial charge < -0.3 is 19.3 Å². The fraction of sp³-hybridized carbons (Fsp3) is 0.842. The molecule has 0 radical (unpaired) electrons. The first-order chi connectivity index (χ1) is 12.2. The van der Waals surface area contributed by atoms with Crippen molar-refractivity contribution in [3.8, 4) is 0 Å². The highest BCUT2D eigenvalue weighted by Crippen LogP contribution is 2.66. The van der Waals surface area contributed by atoms with Crippen molar-refractivity contribution >= 4 is 16.8 Å². The van der Waals surface area contributed by atoms with Crippen LogP contribution in [0.1, 0.15) is 46.5 Å². The molecule has 1 unspecified atom stereocenters. The Bertz CT molecular complexity index is 615. The molecular formula is C19H30O6S. The van der Waals surface area contributed by atoms with Gasteiger partial charge in [0.2, 0.25) is 0 Å². The van der Waals surface area contributed by atoms with Crippen LogP contribution in [0.2, 0.25) is 0 Å². The summed E-state index contributed by atoms with van der Waals surface area (Å²) in [5, 5.41) is 10.7. The van der Waals surface area contributed by atoms with Crippen molar-refractivity contribution in [3.63, 3.8) is 0 Å². The van der Waals surface area contributed by atoms with Crippen molar-refractivity contribution in [2.75, 3.05) is 19.5 Å². The van der Waals surface area contributed by atoms with E-state index in [2.05, 4.69) is 13.8 Å². The number of esters is 1. The third kappa shape index (κ3) is 3.17. The van der Waals surface area contributed by atoms with E-state index in [1.165, 1.54) is 7.11 Å². The first-order valence-electron chi connectivity index (χ1n) is 9.37. The van der Waals surface area contributed by atoms with Crippen LogP contribution < -0.4 is 0 Å². The van der Waals surface area contributed by atoms with Crippen molar-refractivity contribution < 1.29 is 28.3 Å². The van der Waals surface area contributed by atoms with E-state index < -0.39 is 35.3 Å². The highest BCUT2D eigenvalue weighted by molar-refractivity contribution is 7.89. The van der Waals surface area contributed by atoms with Gasteiger partial charge in [-0.25, -0.2) is 4.79 Å². The highest BCUT2D eigenvalue weighted by Gasteiger charge is 2.64. The van der Waals surface area contributed by atoms with Gasteiger partial charge in [-0.05, 0) is 43.6 Å². The van der Waals surface area contributed by atoms with Gasteiger partial charge in [-0.2, -0.15) is 0 Å². The Morgan fingerprint density at radius 1 is 1.46 bits per heavy atom. The first kappa shape index (κ1) is 20.0. The predicted molar refractivity (Wildman–Crippen MR) is 97.6 cm³/mol. The number of ether oxygens (including phenoxy) is 3. The number of hydrogen-bond donors (Lipinski definition) is 1. The number of methoxy groups -OCH3 is 1. The lowest BCUT2D eigenvalue weighted by Gasteiger charge is -2.40. The van der Waals surface area contributed by atoms with Crippen LogP contribution in [0.25, 0.3) is 0 Å². The van der Waals surface area contributed by atoms with E-state index in [0.717, 1.165) is 19.3 Å². The minimum atomic E-state index is -1.31. The van der Waals surface area contributed by atoms with Gasteiger partial charge in [0.05, 0.1) is 12.7 Å². The van der Waals surface area contributed by atoms with Crippen LogP contribution in [0.4, 0.5) is 0 Å². The largest absolute Gasteiger partial charge is 0.464 e. The van der Waals surface area contributed by atoms with Crippen molar-refractivity contribution in [2.24, 2.45) is 16.7 Å². The minimum absolute atomic E-state index is 0.0327. The molecule has 7 heteroatoms. The molecular weight excluding hydrogens is 356 g/mol. The van der Waals surface area contributed by atoms with E-state index in [-0.39, 0.29) is 23.9 Å². The van der Waals surface area contributed by atoms with E-state index in [1.807, 2.05) is 0 Å². The molecule has 26 heavy (non-hydrogen) atoms. The van der Waals surface area contributed by atoms with Gasteiger partial charge in [0.1, 0.15) is 0 Å². The summed E-state index contributed by atoms with van der Waals surface area (Å²) >= 11 is 0. The van der Waals surface area contributed by atoms with Gasteiger partial charge in [0.25, 0.3) is 0 Å². The third-order valence-corrected chi connectivity index (χ3v) is 8.52. The molecule has 148 valence electrons. The quantitative estimate of drug-likeness (QED) is 0.704. The lowest BCUT2D eigenvalue weighted by atomic mass is 9.70. The maximum absolute atomic E-state index is 13.2. The normalized spacial score (nSPS) is 39.5. The van der Waals surface area contributed by atoms with E-state index in [9.17, 15) is 14.1 Å². The summed E-state index contributed by atoms with van der Waals surface area (Å²) in [5.41, 5.74) is -0.362. The molecule has 3 aliphatic rings. The van der Waals surface area contributed by atoms with Crippen molar-refractivity contribution in [1.29, 1.82) is 0 Å². The fourth-order valence-corrected chi connectivity index (χ4v) is 6.99. The van der Waals surface area contributed by atoms with Gasteiger partial charge in [0.15, 0.2) is 12.4 Å². The zero-order chi connectivity index (χ0) is 19.1. The van der Waals surface area contributed by atoms with Crippen molar-refractivity contribution in [2.45, 2.75) is 65.0 Å². The Morgan fingerprint density at radius 2 is 2.19 bits per heavy atom. The maximum atomic E-state index is 13.2. The zero-order valence-corrected chi connectivity index (χ0v) is 16.8. The third-order valence-electron chi connectivity index (χ3n) is 6.86. The molecule has 2 bridgehead atoms. The van der Waals surface area contributed by atoms with Crippen LogP contribution >= 0.6 is 0 Å². The summed E-state index contributed by atoms with van der Waals surface area (Å²) in [4.78, 5) is 12.7. The molecule has 2 aliphatic carbocycles. The van der Waals surface area contributed by atoms with E-state index in [4.69, 9.17) is 14.2 Å². The van der Waals surface area contributed by atoms with Crippen LogP contribution in [0.15, 0.2) is 11.0 Å². The molecule has 2 saturated carbocycles. The fourth-order valence-electron chi connectivity index (χ4n) is 5.02. The first-order valence-corrected chi connectivity index (χ1v) is 10.7. The van der Waals surface area contributed by atoms with E-state index >= 15 is 0 Å². The molecule has 0 spiro atoms. The Labute approximate surface area is 157 Å². The van der Waals surface area contributed by atoms with Crippen LogP contribution in [0.3, 0.4) is 0 Å². The molecule has 3 rings (SSSR count). The van der Waals surface area contributed by atoms with Gasteiger partial charge in [-0.3, -0.25) is 4.21 Å². The van der Waals surface area contributed by atoms with Crippen molar-refractivity contribution in [1.82, 2.24) is 0 Å². The molecule has 0 saturated heterocycles. The lowest BCUT2D eigenvalue weighted by molar-refractivity contribution is -0.178. The van der Waals surface area contributed by atoms with Crippen molar-refractivity contribution in [3.05, 3.63) is 11.0 Å². The number of rotatable bonds is 6. The second-order valence-electron chi connectivity index (χ2n) is 8.17. The molecule has 1 N–H and O–H groups in total. The molecule has 6 nitrogen and oxygen atoms in total. The summed E-state index contributed by atoms with van der Waals surface area (Å²) in [6, 6.07) is 0. The van der Waals surface area contributed by atoms with E-state index in [1.54, 1.807) is 13.0 Å². The monoisotopic (exact) mass is 386 g/mol. The van der Waals surface area contributed by atoms with Gasteiger partial charge >= 0.3 is 5.97 Å². The number of fused-ring (bicyclic) bond motifs is 2. The minimum Gasteiger partial charge on any atom is -0.464 e. The number of carbonyl (C=O) groups excluding carboxylic acids is 1. The summed E-state index contributed by atoms with van der Waals surface area (Å²) in [7, 11) is 0.179. The van der Waals surface area contributed by atoms with Crippen LogP contribution in [0, 0.1) is 16.7 Å². The van der Waals surface area contributed by atoms with Crippen LogP contribution in [-0.4, -0.2) is 53.3 Å². The Hall–Kier alpha value is -0.760. The summed E-state index contributed by atoms with van der Waals surface area (Å²) < 4.78 is 29.1. The molecule has 1 aliphatic heterocycles. The number of carbonyl (C=O) groups is 1. The zero-order valence-electron chi connectivity index (χ0n) is 16.0. The van der Waals surface area contributed by atoms with E-state index in [0.29, 0.717) is 16.6 Å². The average molecular weight is 387 g/mol. The van der Waals surface area contributed by atoms with Gasteiger partial charge in [-0.15, -0.1) is 0 Å². The Balaban J connectivity index is 1.78. The van der Waals surface area contributed by atoms with Crippen LogP contribution in [-0.2, 0) is 29.8 Å². The molecule has 0 aromatic carbocycles. The Morgan fingerprint density at radius 3 is 2.73 bits per heavy atom. The van der Waals surface area contributed by atoms with Gasteiger partial charge in [-0.1, -0.05) is 13.8 Å². The highest BCUT2D eigenvalue weighted by atomic mass is 32.2. The lowest BCUT2D eigenvalue weighted by Crippen LogP contribution is -2.44. The topological polar surface area (TPSA) is 82.1 Å². The summed E-state index contributed by atoms with van der Waals surface area (Å²) in [6.07, 6.45) is 2.76. The molecule has 0 aromatic rings. The molecule has 0 amide bonds. The number of hydrogen-bond acceptors (Lipinski definition) is 6. The second-order valence-corrected chi connectivity index (χ2v) is 9.68. The Kier molecular flexibility index (Phi) is 5.64. The smallest absolute Gasteiger partial charge is 0.335 e. The molecule has 2 fully saturated rings. The summed E-state index contributed by atoms with van der Waals surface area (Å²) in [6.45, 7) is 6.39. The predicted octanol–water partition coefficient (Wildman–Crippen LogP) is 2.13. The standard InChI is InChI=1S/C19H30O6S/c1-5-24-17(21)14-9-13(10-16(23-4)25-14)26(22)11-19-7-6-12(8-15(19)20)18(19,2)3/h10,12,14-16,20H,5-9,11H2,1-4H3/t12-,14-,15+,16+,19-,26?/m0/s1. The van der Waals surface area contributed by atoms with Gasteiger partial charge in [0, 0.05) is 40.4 Å².